The summed E-state index contributed by atoms with van der Waals surface area (Å²) in [6, 6.07) is 10.1. The molecular weight excluding hydrogens is 262 g/mol. The third-order valence-electron chi connectivity index (χ3n) is 3.65. The molecule has 0 radical (unpaired) electrons. The van der Waals surface area contributed by atoms with Crippen LogP contribution in [0.4, 0.5) is 5.69 Å². The second kappa shape index (κ2) is 5.60. The van der Waals surface area contributed by atoms with Gasteiger partial charge in [-0.3, -0.25) is 0 Å². The van der Waals surface area contributed by atoms with Crippen molar-refractivity contribution in [1.82, 2.24) is 19.8 Å². The standard InChI is InChI=1S/C16H21N5/c1-11(2)14-10-16-18-15(20-21(16)19-14)5-3-4-12-6-8-13(17)9-7-12/h6-11H,3-5,17H2,1-2H3,(H,18,20). The minimum absolute atomic E-state index is 0.425. The Hall–Kier alpha value is -2.30. The van der Waals surface area contributed by atoms with E-state index in [4.69, 9.17) is 5.73 Å². The Kier molecular flexibility index (Phi) is 3.64. The molecule has 0 amide bonds. The number of fused-ring (bicyclic) bond motifs is 1. The molecular formula is C16H21N5. The molecule has 3 N–H and O–H groups in total. The lowest BCUT2D eigenvalue weighted by atomic mass is 10.1. The number of nitrogen functional groups attached to an aromatic ring is 1. The summed E-state index contributed by atoms with van der Waals surface area (Å²) in [7, 11) is 0. The minimum atomic E-state index is 0.425. The molecule has 0 bridgehead atoms. The fourth-order valence-corrected chi connectivity index (χ4v) is 2.38. The predicted octanol–water partition coefficient (Wildman–Crippen LogP) is 2.94. The van der Waals surface area contributed by atoms with E-state index in [1.54, 1.807) is 4.63 Å². The van der Waals surface area contributed by atoms with Crippen molar-refractivity contribution in [3.05, 3.63) is 47.4 Å². The molecule has 3 rings (SSSR count). The maximum atomic E-state index is 5.69. The van der Waals surface area contributed by atoms with Gasteiger partial charge in [-0.05, 0) is 36.5 Å². The molecule has 5 heteroatoms. The maximum Gasteiger partial charge on any atom is 0.155 e. The van der Waals surface area contributed by atoms with Gasteiger partial charge in [-0.15, -0.1) is 9.73 Å². The molecule has 3 aromatic rings. The SMILES string of the molecule is CC(C)c1cc2[nH]c(CCCc3ccc(N)cc3)nn2n1. The fourth-order valence-electron chi connectivity index (χ4n) is 2.38. The van der Waals surface area contributed by atoms with Gasteiger partial charge in [0, 0.05) is 18.2 Å². The summed E-state index contributed by atoms with van der Waals surface area (Å²) in [5.74, 6) is 1.41. The molecule has 5 nitrogen and oxygen atoms in total. The number of aromatic nitrogens is 4. The molecule has 0 saturated heterocycles. The van der Waals surface area contributed by atoms with Crippen LogP contribution in [0.15, 0.2) is 30.3 Å². The number of nitrogens with zero attached hydrogens (tertiary/aromatic N) is 3. The van der Waals surface area contributed by atoms with Crippen molar-refractivity contribution in [1.29, 1.82) is 0 Å². The zero-order valence-corrected chi connectivity index (χ0v) is 12.5. The van der Waals surface area contributed by atoms with Gasteiger partial charge in [0.25, 0.3) is 0 Å². The van der Waals surface area contributed by atoms with Gasteiger partial charge < -0.3 is 10.7 Å². The Bertz CT molecular complexity index is 689. The van der Waals surface area contributed by atoms with E-state index in [0.29, 0.717) is 5.92 Å². The lowest BCUT2D eigenvalue weighted by Crippen LogP contribution is -1.96. The number of aryl methyl sites for hydroxylation is 2. The van der Waals surface area contributed by atoms with Gasteiger partial charge in [0.2, 0.25) is 0 Å². The highest BCUT2D eigenvalue weighted by molar-refractivity contribution is 5.40. The number of nitrogens with one attached hydrogen (secondary N) is 1. The van der Waals surface area contributed by atoms with E-state index in [2.05, 4.69) is 47.2 Å². The summed E-state index contributed by atoms with van der Waals surface area (Å²) in [5.41, 5.74) is 9.85. The molecule has 1 aromatic carbocycles. The summed E-state index contributed by atoms with van der Waals surface area (Å²) < 4.78 is 1.70. The van der Waals surface area contributed by atoms with Gasteiger partial charge >= 0.3 is 0 Å². The van der Waals surface area contributed by atoms with Crippen LogP contribution in [0.3, 0.4) is 0 Å². The molecule has 0 aliphatic rings. The van der Waals surface area contributed by atoms with Crippen molar-refractivity contribution < 1.29 is 0 Å². The van der Waals surface area contributed by atoms with Crippen LogP contribution < -0.4 is 5.73 Å². The van der Waals surface area contributed by atoms with Crippen molar-refractivity contribution in [2.45, 2.75) is 39.0 Å². The Labute approximate surface area is 124 Å². The molecule has 0 saturated carbocycles. The van der Waals surface area contributed by atoms with Crippen molar-refractivity contribution in [3.63, 3.8) is 0 Å². The molecule has 21 heavy (non-hydrogen) atoms. The Morgan fingerprint density at radius 1 is 1.14 bits per heavy atom. The van der Waals surface area contributed by atoms with Crippen LogP contribution in [-0.2, 0) is 12.8 Å². The number of nitrogens with two attached hydrogens (primary N) is 1. The van der Waals surface area contributed by atoms with Crippen molar-refractivity contribution >= 4 is 11.3 Å². The van der Waals surface area contributed by atoms with Crippen molar-refractivity contribution in [2.24, 2.45) is 0 Å². The first-order chi connectivity index (χ1) is 10.1. The van der Waals surface area contributed by atoms with E-state index in [1.807, 2.05) is 12.1 Å². The Balaban J connectivity index is 1.60. The quantitative estimate of drug-likeness (QED) is 0.707. The molecule has 0 fully saturated rings. The van der Waals surface area contributed by atoms with E-state index >= 15 is 0 Å². The fraction of sp³-hybridized carbons (Fsp3) is 0.375. The zero-order chi connectivity index (χ0) is 14.8. The van der Waals surface area contributed by atoms with Crippen LogP contribution in [0, 0.1) is 0 Å². The molecule has 0 aliphatic heterocycles. The van der Waals surface area contributed by atoms with Crippen LogP contribution in [0.25, 0.3) is 5.65 Å². The largest absolute Gasteiger partial charge is 0.399 e. The number of H-pyrrole nitrogens is 1. The van der Waals surface area contributed by atoms with Gasteiger partial charge in [0.15, 0.2) is 5.65 Å². The normalized spacial score (nSPS) is 11.6. The number of hydrogen-bond donors (Lipinski definition) is 2. The Morgan fingerprint density at radius 2 is 1.90 bits per heavy atom. The lowest BCUT2D eigenvalue weighted by molar-refractivity contribution is 0.710. The third-order valence-corrected chi connectivity index (χ3v) is 3.65. The van der Waals surface area contributed by atoms with Crippen molar-refractivity contribution in [2.75, 3.05) is 5.73 Å². The highest BCUT2D eigenvalue weighted by Gasteiger charge is 2.09. The topological polar surface area (TPSA) is 72.0 Å². The third kappa shape index (κ3) is 3.07. The second-order valence-corrected chi connectivity index (χ2v) is 5.77. The monoisotopic (exact) mass is 283 g/mol. The van der Waals surface area contributed by atoms with Gasteiger partial charge in [0.1, 0.15) is 5.82 Å². The molecule has 0 atom stereocenters. The molecule has 2 aromatic heterocycles. The van der Waals surface area contributed by atoms with E-state index in [0.717, 1.165) is 42.1 Å². The van der Waals surface area contributed by atoms with Gasteiger partial charge in [-0.2, -0.15) is 5.10 Å². The van der Waals surface area contributed by atoms with Gasteiger partial charge in [0.05, 0.1) is 5.69 Å². The lowest BCUT2D eigenvalue weighted by Gasteiger charge is -2.00. The number of aromatic amines is 1. The molecule has 0 spiro atoms. The minimum Gasteiger partial charge on any atom is -0.399 e. The summed E-state index contributed by atoms with van der Waals surface area (Å²) in [6.07, 6.45) is 3.00. The van der Waals surface area contributed by atoms with Crippen LogP contribution in [-0.4, -0.2) is 19.8 Å². The average Bonchev–Trinajstić information content (AvgIpc) is 2.99. The Morgan fingerprint density at radius 3 is 2.57 bits per heavy atom. The molecule has 2 heterocycles. The van der Waals surface area contributed by atoms with Crippen LogP contribution in [0.1, 0.15) is 43.3 Å². The van der Waals surface area contributed by atoms with E-state index in [-0.39, 0.29) is 0 Å². The molecule has 110 valence electrons. The number of anilines is 1. The smallest absolute Gasteiger partial charge is 0.155 e. The number of benzene rings is 1. The van der Waals surface area contributed by atoms with Crippen LogP contribution >= 0.6 is 0 Å². The number of rotatable bonds is 5. The molecule has 0 unspecified atom stereocenters. The highest BCUT2D eigenvalue weighted by Crippen LogP contribution is 2.15. The first-order valence-electron chi connectivity index (χ1n) is 7.41. The van der Waals surface area contributed by atoms with Crippen LogP contribution in [0.2, 0.25) is 0 Å². The van der Waals surface area contributed by atoms with Crippen LogP contribution in [0.5, 0.6) is 0 Å². The summed E-state index contributed by atoms with van der Waals surface area (Å²) in [5, 5.41) is 8.96. The van der Waals surface area contributed by atoms with Gasteiger partial charge in [-0.25, -0.2) is 0 Å². The number of hydrogen-bond acceptors (Lipinski definition) is 3. The van der Waals surface area contributed by atoms with Crippen molar-refractivity contribution in [3.8, 4) is 0 Å². The molecule has 0 aliphatic carbocycles. The van der Waals surface area contributed by atoms with Gasteiger partial charge in [-0.1, -0.05) is 26.0 Å². The summed E-state index contributed by atoms with van der Waals surface area (Å²) >= 11 is 0. The maximum absolute atomic E-state index is 5.69. The first-order valence-corrected chi connectivity index (χ1v) is 7.41. The first kappa shape index (κ1) is 13.7. The van der Waals surface area contributed by atoms with E-state index in [1.165, 1.54) is 5.56 Å². The van der Waals surface area contributed by atoms with E-state index < -0.39 is 0 Å². The highest BCUT2D eigenvalue weighted by atomic mass is 15.5. The average molecular weight is 283 g/mol. The van der Waals surface area contributed by atoms with E-state index in [9.17, 15) is 0 Å². The second-order valence-electron chi connectivity index (χ2n) is 5.77. The summed E-state index contributed by atoms with van der Waals surface area (Å²) in [4.78, 5) is 3.34. The summed E-state index contributed by atoms with van der Waals surface area (Å²) in [6.45, 7) is 4.27. The predicted molar refractivity (Wildman–Crippen MR) is 84.3 cm³/mol. The zero-order valence-electron chi connectivity index (χ0n) is 12.5.